The molecule has 3 fully saturated rings. The summed E-state index contributed by atoms with van der Waals surface area (Å²) in [6.45, 7) is 0. The Bertz CT molecular complexity index is 1950. The number of carbonyl (C=O) groups is 4. The first kappa shape index (κ1) is 33.0. The van der Waals surface area contributed by atoms with Crippen LogP contribution in [0.4, 0.5) is 15.8 Å². The summed E-state index contributed by atoms with van der Waals surface area (Å²) in [5.74, 6) is -6.75. The van der Waals surface area contributed by atoms with E-state index < -0.39 is 57.0 Å². The van der Waals surface area contributed by atoms with Crippen molar-refractivity contribution in [2.75, 3.05) is 16.9 Å². The van der Waals surface area contributed by atoms with Crippen molar-refractivity contribution in [2.45, 2.75) is 28.5 Å². The number of fused-ring (bicyclic) bond motifs is 4. The summed E-state index contributed by atoms with van der Waals surface area (Å²) in [4.78, 5) is 54.9. The molecule has 8 nitrogen and oxygen atoms in total. The van der Waals surface area contributed by atoms with Crippen molar-refractivity contribution in [3.05, 3.63) is 90.1 Å². The number of nitrogens with zero attached hydrogens (tertiary/aromatic N) is 2. The summed E-state index contributed by atoms with van der Waals surface area (Å²) in [6.07, 6.45) is 1.77. The molecule has 0 spiro atoms. The topological polar surface area (TPSA) is 104 Å². The van der Waals surface area contributed by atoms with E-state index in [2.05, 4.69) is 54.5 Å². The van der Waals surface area contributed by atoms with E-state index >= 15 is 0 Å². The molecule has 1 N–H and O–H groups in total. The summed E-state index contributed by atoms with van der Waals surface area (Å²) in [6, 6.07) is 13.3. The van der Waals surface area contributed by atoms with Gasteiger partial charge in [-0.2, -0.15) is 0 Å². The number of hydrogen-bond acceptors (Lipinski definition) is 6. The number of alkyl halides is 2. The average Bonchev–Trinajstić information content (AvgIpc) is 3.39. The molecule has 6 atom stereocenters. The fourth-order valence-corrected chi connectivity index (χ4v) is 9.81. The van der Waals surface area contributed by atoms with Crippen molar-refractivity contribution < 1.29 is 33.4 Å². The first-order chi connectivity index (χ1) is 22.3. The van der Waals surface area contributed by atoms with Crippen molar-refractivity contribution in [3.63, 3.8) is 0 Å². The molecule has 47 heavy (non-hydrogen) atoms. The lowest BCUT2D eigenvalue weighted by atomic mass is 9.56. The lowest BCUT2D eigenvalue weighted by Gasteiger charge is -2.51. The maximum absolute atomic E-state index is 14.6. The van der Waals surface area contributed by atoms with Crippen LogP contribution in [0.2, 0.25) is 0 Å². The van der Waals surface area contributed by atoms with Gasteiger partial charge >= 0.3 is 0 Å². The fraction of sp³-hybridized carbons (Fsp3) is 0.273. The highest BCUT2D eigenvalue weighted by Crippen LogP contribution is 2.67. The number of imide groups is 2. The average molecular weight is 919 g/mol. The minimum absolute atomic E-state index is 0.0519. The van der Waals surface area contributed by atoms with Crippen molar-refractivity contribution in [2.24, 2.45) is 17.8 Å². The van der Waals surface area contributed by atoms with Crippen LogP contribution in [-0.4, -0.2) is 45.6 Å². The molecular weight excluding hydrogens is 897 g/mol. The van der Waals surface area contributed by atoms with E-state index in [9.17, 15) is 28.7 Å². The van der Waals surface area contributed by atoms with E-state index in [0.29, 0.717) is 21.3 Å². The van der Waals surface area contributed by atoms with Gasteiger partial charge in [-0.05, 0) is 133 Å². The first-order valence-corrected chi connectivity index (χ1v) is 17.8. The van der Waals surface area contributed by atoms with Gasteiger partial charge in [-0.3, -0.25) is 24.1 Å². The van der Waals surface area contributed by atoms with Crippen LogP contribution < -0.4 is 14.5 Å². The smallest absolute Gasteiger partial charge is 0.258 e. The Morgan fingerprint density at radius 2 is 1.53 bits per heavy atom. The Kier molecular flexibility index (Phi) is 8.10. The maximum Gasteiger partial charge on any atom is 0.258 e. The zero-order valence-corrected chi connectivity index (χ0v) is 31.0. The van der Waals surface area contributed by atoms with Crippen LogP contribution in [0.1, 0.15) is 24.3 Å². The number of halogens is 6. The molecule has 242 valence electrons. The molecule has 6 unspecified atom stereocenters. The third kappa shape index (κ3) is 4.53. The number of carbonyl (C=O) groups excluding carboxylic acids is 4. The number of aromatic hydroxyl groups is 1. The van der Waals surface area contributed by atoms with E-state index in [0.717, 1.165) is 20.6 Å². The second kappa shape index (κ2) is 11.5. The monoisotopic (exact) mass is 916 g/mol. The number of hydrogen-bond donors (Lipinski definition) is 1. The van der Waals surface area contributed by atoms with Crippen molar-refractivity contribution >= 4 is 113 Å². The number of amides is 4. The van der Waals surface area contributed by atoms with E-state index in [4.69, 9.17) is 27.9 Å². The van der Waals surface area contributed by atoms with Gasteiger partial charge in [0, 0.05) is 14.0 Å². The van der Waals surface area contributed by atoms with E-state index in [1.165, 1.54) is 30.2 Å². The molecule has 2 aliphatic heterocycles. The molecule has 2 heterocycles. The standard InChI is InChI=1S/C33H22Br2Cl2FIN2O6/c1-47-22-12-20(25(34)26(35)27(22)42)24-18-10-11-19-23(29(44)40(28(19)43)16-8-4-15(39)5-9-16)21(18)13-32(36)30(45)41(31(46)33(24,32)37)17-6-2-14(38)3-7-17/h2-10,12,19,21,23-24,42H,11,13H2,1H3. The minimum atomic E-state index is -2.15. The minimum Gasteiger partial charge on any atom is -0.503 e. The lowest BCUT2D eigenvalue weighted by molar-refractivity contribution is -0.125. The zero-order valence-electron chi connectivity index (χ0n) is 24.1. The Hall–Kier alpha value is -2.52. The zero-order chi connectivity index (χ0) is 33.7. The first-order valence-electron chi connectivity index (χ1n) is 14.4. The number of ether oxygens (including phenoxy) is 1. The normalized spacial score (nSPS) is 29.9. The van der Waals surface area contributed by atoms with Gasteiger partial charge < -0.3 is 9.84 Å². The van der Waals surface area contributed by atoms with E-state index in [1.807, 2.05) is 6.08 Å². The molecule has 14 heteroatoms. The third-order valence-corrected chi connectivity index (χ3v) is 14.0. The molecule has 3 aromatic rings. The maximum atomic E-state index is 14.6. The molecule has 4 aliphatic rings. The molecule has 1 saturated carbocycles. The van der Waals surface area contributed by atoms with Crippen LogP contribution in [-0.2, 0) is 19.2 Å². The second-order valence-corrected chi connectivity index (χ2v) is 16.0. The van der Waals surface area contributed by atoms with Gasteiger partial charge in [0.05, 0.1) is 34.8 Å². The fourth-order valence-electron chi connectivity index (χ4n) is 7.57. The Balaban J connectivity index is 1.44. The largest absolute Gasteiger partial charge is 0.503 e. The van der Waals surface area contributed by atoms with Gasteiger partial charge in [-0.1, -0.05) is 11.6 Å². The highest BCUT2D eigenvalue weighted by molar-refractivity contribution is 14.1. The molecule has 0 radical (unpaired) electrons. The molecule has 2 aliphatic carbocycles. The van der Waals surface area contributed by atoms with Gasteiger partial charge in [0.15, 0.2) is 21.2 Å². The Morgan fingerprint density at radius 3 is 2.17 bits per heavy atom. The van der Waals surface area contributed by atoms with Crippen LogP contribution in [0.25, 0.3) is 0 Å². The van der Waals surface area contributed by atoms with Crippen LogP contribution in [0.15, 0.2) is 75.2 Å². The third-order valence-electron chi connectivity index (χ3n) is 9.69. The molecule has 4 amide bonds. The predicted octanol–water partition coefficient (Wildman–Crippen LogP) is 7.44. The molecule has 2 saturated heterocycles. The van der Waals surface area contributed by atoms with Gasteiger partial charge in [0.2, 0.25) is 11.8 Å². The number of allylic oxidation sites excluding steroid dienone is 2. The van der Waals surface area contributed by atoms with E-state index in [-0.39, 0.29) is 40.4 Å². The highest BCUT2D eigenvalue weighted by Gasteiger charge is 2.77. The van der Waals surface area contributed by atoms with E-state index in [1.54, 1.807) is 24.3 Å². The van der Waals surface area contributed by atoms with Gasteiger partial charge in [0.25, 0.3) is 11.8 Å². The summed E-state index contributed by atoms with van der Waals surface area (Å²) in [7, 11) is 1.36. The van der Waals surface area contributed by atoms with Crippen LogP contribution in [0.3, 0.4) is 0 Å². The number of phenols is 1. The van der Waals surface area contributed by atoms with Crippen LogP contribution >= 0.6 is 77.7 Å². The number of phenolic OH excluding ortho intramolecular Hbond substituents is 1. The summed E-state index contributed by atoms with van der Waals surface area (Å²) in [5, 5.41) is 10.8. The van der Waals surface area contributed by atoms with Gasteiger partial charge in [0.1, 0.15) is 5.82 Å². The quantitative estimate of drug-likeness (QED) is 0.126. The molecule has 7 rings (SSSR count). The van der Waals surface area contributed by atoms with Crippen LogP contribution in [0.5, 0.6) is 11.5 Å². The van der Waals surface area contributed by atoms with Crippen molar-refractivity contribution in [3.8, 4) is 11.5 Å². The van der Waals surface area contributed by atoms with Crippen LogP contribution in [0, 0.1) is 27.1 Å². The molecule has 3 aromatic carbocycles. The number of benzene rings is 3. The number of methoxy groups -OCH3 is 1. The lowest BCUT2D eigenvalue weighted by Crippen LogP contribution is -2.60. The van der Waals surface area contributed by atoms with Crippen molar-refractivity contribution in [1.82, 2.24) is 0 Å². The second-order valence-electron chi connectivity index (χ2n) is 11.9. The SMILES string of the molecule is COc1cc(C2C3=CCC4C(=O)N(c5ccc(I)cc5)C(=O)C4C3CC3(Cl)C(=O)N(c4ccc(F)cc4)C(=O)C23Cl)c(Br)c(Br)c1O. The Morgan fingerprint density at radius 1 is 0.915 bits per heavy atom. The number of anilines is 2. The molecule has 0 aromatic heterocycles. The number of rotatable bonds is 4. The Labute approximate surface area is 308 Å². The summed E-state index contributed by atoms with van der Waals surface area (Å²) >= 11 is 23.9. The summed E-state index contributed by atoms with van der Waals surface area (Å²) in [5.41, 5.74) is 1.42. The highest BCUT2D eigenvalue weighted by atomic mass is 127. The van der Waals surface area contributed by atoms with Gasteiger partial charge in [-0.25, -0.2) is 9.29 Å². The summed E-state index contributed by atoms with van der Waals surface area (Å²) < 4.78 is 20.8. The molecule has 0 bridgehead atoms. The van der Waals surface area contributed by atoms with Gasteiger partial charge in [-0.15, -0.1) is 23.2 Å². The predicted molar refractivity (Wildman–Crippen MR) is 188 cm³/mol. The van der Waals surface area contributed by atoms with Crippen molar-refractivity contribution in [1.29, 1.82) is 0 Å². The molecular formula is C33H22Br2Cl2FIN2O6.